The summed E-state index contributed by atoms with van der Waals surface area (Å²) in [5.74, 6) is -0.228. The summed E-state index contributed by atoms with van der Waals surface area (Å²) in [6, 6.07) is 15.3. The van der Waals surface area contributed by atoms with Gasteiger partial charge in [-0.1, -0.05) is 35.9 Å². The molecule has 0 aliphatic carbocycles. The number of nitrogens with zero attached hydrogens (tertiary/aromatic N) is 3. The van der Waals surface area contributed by atoms with Gasteiger partial charge in [0.25, 0.3) is 0 Å². The molecule has 6 nitrogen and oxygen atoms in total. The number of hydrogen-bond acceptors (Lipinski definition) is 4. The van der Waals surface area contributed by atoms with Crippen molar-refractivity contribution in [2.45, 2.75) is 0 Å². The van der Waals surface area contributed by atoms with Crippen molar-refractivity contribution >= 4 is 35.0 Å². The topological polar surface area (TPSA) is 59.4 Å². The molecule has 1 fully saturated rings. The first kappa shape index (κ1) is 19.2. The number of anilines is 2. The number of hydrogen-bond donors (Lipinski definition) is 1. The number of halogens is 1. The lowest BCUT2D eigenvalue weighted by Gasteiger charge is -2.31. The number of morpholine rings is 1. The summed E-state index contributed by atoms with van der Waals surface area (Å²) in [7, 11) is 0. The summed E-state index contributed by atoms with van der Waals surface area (Å²) >= 11 is 6.42. The Morgan fingerprint density at radius 2 is 1.90 bits per heavy atom. The number of aromatic nitrogens is 2. The van der Waals surface area contributed by atoms with Crippen LogP contribution in [-0.4, -0.2) is 42.0 Å². The number of carbonyl (C=O) groups excluding carboxylic acids is 1. The molecule has 0 spiro atoms. The molecule has 29 heavy (non-hydrogen) atoms. The highest BCUT2D eigenvalue weighted by molar-refractivity contribution is 6.34. The van der Waals surface area contributed by atoms with Crippen LogP contribution in [0.2, 0.25) is 5.02 Å². The molecule has 3 aromatic rings. The standard InChI is InChI=1S/C22H21ClN4O2/c23-19-7-4-8-20(22(19)26-11-13-29-14-12-26)25-21(28)10-9-17-15-24-27(16-17)18-5-2-1-3-6-18/h1-10,15-16H,11-14H2,(H,25,28)/b10-9+. The molecule has 1 amide bonds. The largest absolute Gasteiger partial charge is 0.378 e. The second kappa shape index (κ2) is 8.94. The third-order valence-electron chi connectivity index (χ3n) is 4.62. The lowest BCUT2D eigenvalue weighted by Crippen LogP contribution is -2.37. The third-order valence-corrected chi connectivity index (χ3v) is 4.93. The van der Waals surface area contributed by atoms with Gasteiger partial charge < -0.3 is 15.0 Å². The van der Waals surface area contributed by atoms with Gasteiger partial charge in [-0.05, 0) is 30.3 Å². The molecule has 2 heterocycles. The van der Waals surface area contributed by atoms with Crippen molar-refractivity contribution < 1.29 is 9.53 Å². The molecule has 7 heteroatoms. The molecular formula is C22H21ClN4O2. The van der Waals surface area contributed by atoms with E-state index < -0.39 is 0 Å². The van der Waals surface area contributed by atoms with Crippen molar-refractivity contribution in [1.82, 2.24) is 9.78 Å². The summed E-state index contributed by atoms with van der Waals surface area (Å²) in [5.41, 5.74) is 3.32. The normalized spacial score (nSPS) is 14.3. The fourth-order valence-corrected chi connectivity index (χ4v) is 3.51. The van der Waals surface area contributed by atoms with E-state index in [4.69, 9.17) is 16.3 Å². The molecule has 0 bridgehead atoms. The second-order valence-corrected chi connectivity index (χ2v) is 7.02. The fourth-order valence-electron chi connectivity index (χ4n) is 3.22. The maximum atomic E-state index is 12.5. The average molecular weight is 409 g/mol. The van der Waals surface area contributed by atoms with Crippen molar-refractivity contribution in [1.29, 1.82) is 0 Å². The zero-order chi connectivity index (χ0) is 20.1. The summed E-state index contributed by atoms with van der Waals surface area (Å²) in [6.07, 6.45) is 6.82. The number of benzene rings is 2. The summed E-state index contributed by atoms with van der Waals surface area (Å²) in [5, 5.41) is 7.88. The van der Waals surface area contributed by atoms with Crippen LogP contribution in [0.3, 0.4) is 0 Å². The Balaban J connectivity index is 1.46. The molecule has 1 saturated heterocycles. The molecule has 0 unspecified atom stereocenters. The van der Waals surface area contributed by atoms with Crippen LogP contribution in [0.4, 0.5) is 11.4 Å². The Morgan fingerprint density at radius 1 is 1.10 bits per heavy atom. The number of nitrogens with one attached hydrogen (secondary N) is 1. The van der Waals surface area contributed by atoms with Crippen LogP contribution < -0.4 is 10.2 Å². The number of para-hydroxylation sites is 2. The minimum atomic E-state index is -0.228. The van der Waals surface area contributed by atoms with Crippen LogP contribution in [0.15, 0.2) is 67.0 Å². The Hall–Kier alpha value is -3.09. The van der Waals surface area contributed by atoms with E-state index >= 15 is 0 Å². The van der Waals surface area contributed by atoms with E-state index in [0.29, 0.717) is 23.9 Å². The Bertz CT molecular complexity index is 1010. The minimum Gasteiger partial charge on any atom is -0.378 e. The van der Waals surface area contributed by atoms with Crippen LogP contribution in [0.5, 0.6) is 0 Å². The van der Waals surface area contributed by atoms with Crippen molar-refractivity contribution in [3.63, 3.8) is 0 Å². The lowest BCUT2D eigenvalue weighted by atomic mass is 10.2. The molecule has 2 aromatic carbocycles. The van der Waals surface area contributed by atoms with Gasteiger partial charge in [0.1, 0.15) is 0 Å². The summed E-state index contributed by atoms with van der Waals surface area (Å²) in [6.45, 7) is 2.76. The highest BCUT2D eigenvalue weighted by Gasteiger charge is 2.18. The van der Waals surface area contributed by atoms with Crippen molar-refractivity contribution in [2.24, 2.45) is 0 Å². The molecule has 0 saturated carbocycles. The van der Waals surface area contributed by atoms with E-state index in [1.54, 1.807) is 17.0 Å². The number of rotatable bonds is 5. The highest BCUT2D eigenvalue weighted by atomic mass is 35.5. The van der Waals surface area contributed by atoms with Gasteiger partial charge in [-0.3, -0.25) is 4.79 Å². The predicted octanol–water partition coefficient (Wildman–Crippen LogP) is 4.01. The van der Waals surface area contributed by atoms with Gasteiger partial charge in [0.2, 0.25) is 5.91 Å². The quantitative estimate of drug-likeness (QED) is 0.648. The fraction of sp³-hybridized carbons (Fsp3) is 0.182. The Labute approximate surface area is 174 Å². The van der Waals surface area contributed by atoms with Crippen molar-refractivity contribution in [3.05, 3.63) is 77.6 Å². The highest BCUT2D eigenvalue weighted by Crippen LogP contribution is 2.34. The van der Waals surface area contributed by atoms with Crippen LogP contribution in [-0.2, 0) is 9.53 Å². The van der Waals surface area contributed by atoms with Gasteiger partial charge in [-0.25, -0.2) is 4.68 Å². The van der Waals surface area contributed by atoms with Crippen LogP contribution >= 0.6 is 11.6 Å². The smallest absolute Gasteiger partial charge is 0.248 e. The monoisotopic (exact) mass is 408 g/mol. The first-order valence-corrected chi connectivity index (χ1v) is 9.79. The van der Waals surface area contributed by atoms with Gasteiger partial charge in [-0.15, -0.1) is 0 Å². The van der Waals surface area contributed by atoms with Gasteiger partial charge in [0.05, 0.1) is 41.5 Å². The SMILES string of the molecule is O=C(/C=C/c1cnn(-c2ccccc2)c1)Nc1cccc(Cl)c1N1CCOCC1. The molecule has 1 aliphatic heterocycles. The Kier molecular flexibility index (Phi) is 5.93. The van der Waals surface area contributed by atoms with Gasteiger partial charge >= 0.3 is 0 Å². The molecule has 4 rings (SSSR count). The van der Waals surface area contributed by atoms with Crippen LogP contribution in [0.1, 0.15) is 5.56 Å². The molecule has 148 valence electrons. The van der Waals surface area contributed by atoms with Gasteiger partial charge in [0.15, 0.2) is 0 Å². The third kappa shape index (κ3) is 4.67. The minimum absolute atomic E-state index is 0.228. The number of carbonyl (C=O) groups is 1. The predicted molar refractivity (Wildman–Crippen MR) is 116 cm³/mol. The zero-order valence-electron chi connectivity index (χ0n) is 15.8. The van der Waals surface area contributed by atoms with E-state index in [1.807, 2.05) is 54.7 Å². The van der Waals surface area contributed by atoms with Gasteiger partial charge in [0, 0.05) is 30.9 Å². The number of amides is 1. The van der Waals surface area contributed by atoms with Crippen molar-refractivity contribution in [2.75, 3.05) is 36.5 Å². The first-order chi connectivity index (χ1) is 14.2. The maximum Gasteiger partial charge on any atom is 0.248 e. The van der Waals surface area contributed by atoms with Crippen LogP contribution in [0, 0.1) is 0 Å². The van der Waals surface area contributed by atoms with E-state index in [1.165, 1.54) is 6.08 Å². The summed E-state index contributed by atoms with van der Waals surface area (Å²) in [4.78, 5) is 14.6. The first-order valence-electron chi connectivity index (χ1n) is 9.41. The molecule has 1 aliphatic rings. The second-order valence-electron chi connectivity index (χ2n) is 6.61. The number of ether oxygens (including phenoxy) is 1. The van der Waals surface area contributed by atoms with E-state index in [0.717, 1.165) is 30.0 Å². The maximum absolute atomic E-state index is 12.5. The van der Waals surface area contributed by atoms with E-state index in [-0.39, 0.29) is 5.91 Å². The summed E-state index contributed by atoms with van der Waals surface area (Å²) < 4.78 is 7.18. The average Bonchev–Trinajstić information content (AvgIpc) is 3.23. The van der Waals surface area contributed by atoms with Crippen LogP contribution in [0.25, 0.3) is 11.8 Å². The van der Waals surface area contributed by atoms with Crippen molar-refractivity contribution in [3.8, 4) is 5.69 Å². The molecular weight excluding hydrogens is 388 g/mol. The Morgan fingerprint density at radius 3 is 2.69 bits per heavy atom. The van der Waals surface area contributed by atoms with E-state index in [9.17, 15) is 4.79 Å². The molecule has 1 N–H and O–H groups in total. The molecule has 0 radical (unpaired) electrons. The molecule has 1 aromatic heterocycles. The van der Waals surface area contributed by atoms with E-state index in [2.05, 4.69) is 15.3 Å². The molecule has 0 atom stereocenters. The zero-order valence-corrected chi connectivity index (χ0v) is 16.5. The van der Waals surface area contributed by atoms with Gasteiger partial charge in [-0.2, -0.15) is 5.10 Å². The lowest BCUT2D eigenvalue weighted by molar-refractivity contribution is -0.111.